The van der Waals surface area contributed by atoms with Gasteiger partial charge in [0.25, 0.3) is 0 Å². The molecule has 34 heavy (non-hydrogen) atoms. The van der Waals surface area contributed by atoms with E-state index >= 15 is 0 Å². The number of aromatic nitrogens is 1. The van der Waals surface area contributed by atoms with Crippen molar-refractivity contribution in [2.24, 2.45) is 0 Å². The molecule has 1 aliphatic rings. The zero-order chi connectivity index (χ0) is 23.7. The molecule has 1 aliphatic carbocycles. The first kappa shape index (κ1) is 21.6. The van der Waals surface area contributed by atoms with Crippen molar-refractivity contribution < 1.29 is 19.4 Å². The van der Waals surface area contributed by atoms with Crippen LogP contribution in [0.5, 0.6) is 0 Å². The number of likely N-dealkylation sites (N-methyl/N-ethyl adjacent to an activating group) is 1. The molecule has 1 N–H and O–H groups in total. The highest BCUT2D eigenvalue weighted by atomic mass is 16.6. The molecule has 0 bridgehead atoms. The van der Waals surface area contributed by atoms with Crippen LogP contribution in [0.3, 0.4) is 0 Å². The topological polar surface area (TPSA) is 79.7 Å². The zero-order valence-electron chi connectivity index (χ0n) is 18.7. The van der Waals surface area contributed by atoms with E-state index in [1.54, 1.807) is 6.20 Å². The van der Waals surface area contributed by atoms with Crippen LogP contribution < -0.4 is 0 Å². The number of ether oxygens (including phenoxy) is 1. The normalized spacial score (nSPS) is 13.2. The largest absolute Gasteiger partial charge is 0.480 e. The number of carbonyl (C=O) groups is 2. The predicted octanol–water partition coefficient (Wildman–Crippen LogP) is 5.11. The van der Waals surface area contributed by atoms with E-state index in [4.69, 9.17) is 4.74 Å². The van der Waals surface area contributed by atoms with Gasteiger partial charge >= 0.3 is 12.1 Å². The van der Waals surface area contributed by atoms with Crippen molar-refractivity contribution >= 4 is 23.0 Å². The van der Waals surface area contributed by atoms with Crippen molar-refractivity contribution in [2.45, 2.75) is 18.4 Å². The van der Waals surface area contributed by atoms with E-state index in [1.807, 2.05) is 66.7 Å². The monoisotopic (exact) mass is 452 g/mol. The van der Waals surface area contributed by atoms with Crippen molar-refractivity contribution in [3.63, 3.8) is 0 Å². The maximum absolute atomic E-state index is 12.9. The summed E-state index contributed by atoms with van der Waals surface area (Å²) in [7, 11) is 1.47. The summed E-state index contributed by atoms with van der Waals surface area (Å²) in [5.74, 6) is -1.16. The van der Waals surface area contributed by atoms with Gasteiger partial charge in [0.05, 0.1) is 5.52 Å². The third kappa shape index (κ3) is 3.99. The van der Waals surface area contributed by atoms with Crippen LogP contribution in [0.1, 0.15) is 22.6 Å². The van der Waals surface area contributed by atoms with E-state index in [0.29, 0.717) is 0 Å². The van der Waals surface area contributed by atoms with Crippen LogP contribution in [0.4, 0.5) is 4.79 Å². The first-order valence-corrected chi connectivity index (χ1v) is 11.2. The fourth-order valence-corrected chi connectivity index (χ4v) is 4.69. The highest BCUT2D eigenvalue weighted by Crippen LogP contribution is 2.44. The fraction of sp³-hybridized carbons (Fsp3) is 0.179. The third-order valence-electron chi connectivity index (χ3n) is 6.47. The highest BCUT2D eigenvalue weighted by Gasteiger charge is 2.32. The molecule has 5 rings (SSSR count). The number of hydrogen-bond acceptors (Lipinski definition) is 4. The molecule has 1 heterocycles. The van der Waals surface area contributed by atoms with E-state index < -0.39 is 18.1 Å². The Balaban J connectivity index is 1.31. The summed E-state index contributed by atoms with van der Waals surface area (Å²) in [6.07, 6.45) is 1.23. The highest BCUT2D eigenvalue weighted by molar-refractivity contribution is 5.82. The van der Waals surface area contributed by atoms with Crippen molar-refractivity contribution in [3.8, 4) is 11.1 Å². The maximum atomic E-state index is 12.9. The molecule has 1 unspecified atom stereocenters. The molecule has 0 saturated carbocycles. The molecule has 6 nitrogen and oxygen atoms in total. The number of benzene rings is 3. The van der Waals surface area contributed by atoms with E-state index in [-0.39, 0.29) is 18.9 Å². The Kier molecular flexibility index (Phi) is 5.72. The standard InChI is InChI=1S/C28H24N2O4/c1-30(26(27(31)32)16-18-12-13-25-19(15-18)7-6-14-29-25)28(33)34-17-24-22-10-4-2-8-20(22)21-9-3-5-11-23(21)24/h2-15,24,26H,16-17H2,1H3,(H,31,32). The SMILES string of the molecule is CN(C(=O)OCC1c2ccccc2-c2ccccc21)C(Cc1ccc2ncccc2c1)C(=O)O. The number of fused-ring (bicyclic) bond motifs is 4. The van der Waals surface area contributed by atoms with E-state index in [1.165, 1.54) is 11.9 Å². The molecule has 1 atom stereocenters. The second kappa shape index (κ2) is 8.98. The van der Waals surface area contributed by atoms with Crippen molar-refractivity contribution in [3.05, 3.63) is 102 Å². The van der Waals surface area contributed by atoms with Gasteiger partial charge in [-0.25, -0.2) is 9.59 Å². The molecule has 0 radical (unpaired) electrons. The summed E-state index contributed by atoms with van der Waals surface area (Å²) in [6.45, 7) is 0.144. The number of rotatable bonds is 6. The van der Waals surface area contributed by atoms with Crippen LogP contribution in [0.2, 0.25) is 0 Å². The second-order valence-electron chi connectivity index (χ2n) is 8.50. The number of amides is 1. The maximum Gasteiger partial charge on any atom is 0.410 e. The lowest BCUT2D eigenvalue weighted by Gasteiger charge is -2.25. The summed E-state index contributed by atoms with van der Waals surface area (Å²) in [4.78, 5) is 30.4. The van der Waals surface area contributed by atoms with Gasteiger partial charge in [-0.15, -0.1) is 0 Å². The lowest BCUT2D eigenvalue weighted by Crippen LogP contribution is -2.44. The number of aliphatic carboxylic acids is 1. The van der Waals surface area contributed by atoms with Gasteiger partial charge in [-0.05, 0) is 46.0 Å². The third-order valence-corrected chi connectivity index (χ3v) is 6.47. The smallest absolute Gasteiger partial charge is 0.410 e. The molecule has 3 aromatic carbocycles. The molecular weight excluding hydrogens is 428 g/mol. The van der Waals surface area contributed by atoms with Crippen LogP contribution in [-0.4, -0.2) is 46.7 Å². The molecule has 1 aromatic heterocycles. The predicted molar refractivity (Wildman–Crippen MR) is 130 cm³/mol. The molecule has 4 aromatic rings. The van der Waals surface area contributed by atoms with Gasteiger partial charge in [-0.3, -0.25) is 9.88 Å². The van der Waals surface area contributed by atoms with E-state index in [2.05, 4.69) is 17.1 Å². The Morgan fingerprint density at radius 3 is 2.32 bits per heavy atom. The summed E-state index contributed by atoms with van der Waals surface area (Å²) in [5, 5.41) is 10.8. The molecular formula is C28H24N2O4. The molecule has 0 fully saturated rings. The molecule has 6 heteroatoms. The second-order valence-corrected chi connectivity index (χ2v) is 8.50. The number of carboxylic acids is 1. The first-order valence-electron chi connectivity index (χ1n) is 11.2. The van der Waals surface area contributed by atoms with Gasteiger partial charge in [0.2, 0.25) is 0 Å². The Hall–Kier alpha value is -4.19. The summed E-state index contributed by atoms with van der Waals surface area (Å²) in [6, 6.07) is 24.5. The van der Waals surface area contributed by atoms with Crippen LogP contribution in [-0.2, 0) is 16.0 Å². The van der Waals surface area contributed by atoms with Gasteiger partial charge in [-0.2, -0.15) is 0 Å². The number of carbonyl (C=O) groups excluding carboxylic acids is 1. The van der Waals surface area contributed by atoms with Gasteiger partial charge in [-0.1, -0.05) is 60.7 Å². The fourth-order valence-electron chi connectivity index (χ4n) is 4.69. The van der Waals surface area contributed by atoms with Gasteiger partial charge < -0.3 is 9.84 Å². The lowest BCUT2D eigenvalue weighted by atomic mass is 9.98. The van der Waals surface area contributed by atoms with Gasteiger partial charge in [0, 0.05) is 31.0 Å². The minimum atomic E-state index is -1.08. The summed E-state index contributed by atoms with van der Waals surface area (Å²) >= 11 is 0. The molecule has 1 amide bonds. The molecule has 0 aliphatic heterocycles. The zero-order valence-corrected chi connectivity index (χ0v) is 18.7. The van der Waals surface area contributed by atoms with Crippen molar-refractivity contribution in [1.82, 2.24) is 9.88 Å². The quantitative estimate of drug-likeness (QED) is 0.440. The van der Waals surface area contributed by atoms with Gasteiger partial charge in [0.15, 0.2) is 0 Å². The Bertz CT molecular complexity index is 1340. The molecule has 0 spiro atoms. The van der Waals surface area contributed by atoms with Crippen molar-refractivity contribution in [2.75, 3.05) is 13.7 Å². The first-order chi connectivity index (χ1) is 16.5. The van der Waals surface area contributed by atoms with E-state index in [0.717, 1.165) is 38.7 Å². The Labute approximate surface area is 197 Å². The van der Waals surface area contributed by atoms with Crippen molar-refractivity contribution in [1.29, 1.82) is 0 Å². The Morgan fingerprint density at radius 2 is 1.65 bits per heavy atom. The van der Waals surface area contributed by atoms with Crippen LogP contribution >= 0.6 is 0 Å². The minimum absolute atomic E-state index is 0.0824. The number of nitrogens with zero attached hydrogens (tertiary/aromatic N) is 2. The molecule has 170 valence electrons. The average Bonchev–Trinajstić information content (AvgIpc) is 3.19. The number of hydrogen-bond donors (Lipinski definition) is 1. The Morgan fingerprint density at radius 1 is 0.971 bits per heavy atom. The minimum Gasteiger partial charge on any atom is -0.480 e. The van der Waals surface area contributed by atoms with E-state index in [9.17, 15) is 14.7 Å². The number of pyridine rings is 1. The summed E-state index contributed by atoms with van der Waals surface area (Å²) < 4.78 is 5.65. The average molecular weight is 453 g/mol. The van der Waals surface area contributed by atoms with Crippen LogP contribution in [0.15, 0.2) is 85.1 Å². The van der Waals surface area contributed by atoms with Gasteiger partial charge in [0.1, 0.15) is 12.6 Å². The lowest BCUT2D eigenvalue weighted by molar-refractivity contribution is -0.142. The van der Waals surface area contributed by atoms with Crippen LogP contribution in [0, 0.1) is 0 Å². The number of carboxylic acid groups (broad SMARTS) is 1. The van der Waals surface area contributed by atoms with Crippen LogP contribution in [0.25, 0.3) is 22.0 Å². The molecule has 0 saturated heterocycles. The summed E-state index contributed by atoms with van der Waals surface area (Å²) in [5.41, 5.74) is 6.15.